The molecule has 0 fully saturated rings. The Morgan fingerprint density at radius 1 is 0.562 bits per heavy atom. The third-order valence-corrected chi connectivity index (χ3v) is 0. The van der Waals surface area contributed by atoms with Crippen molar-refractivity contribution in [1.82, 2.24) is 0 Å². The minimum absolute atomic E-state index is 0. The van der Waals surface area contributed by atoms with Crippen molar-refractivity contribution < 1.29 is 65.1 Å². The Bertz CT molecular complexity index is 347. The zero-order valence-electron chi connectivity index (χ0n) is 8.40. The van der Waals surface area contributed by atoms with Gasteiger partial charge < -0.3 is 13.7 Å². The smallest absolute Gasteiger partial charge is 0.748 e. The molecule has 0 unspecified atom stereocenters. The Morgan fingerprint density at radius 2 is 0.562 bits per heavy atom. The van der Waals surface area contributed by atoms with E-state index in [2.05, 4.69) is 0 Å². The average molecular weight is 377 g/mol. The SMILES string of the molecule is CS(=O)(=O)[O-].CS(=O)(=O)[O-].CS(=O)(=O)[O-].[Zr+3]. The van der Waals surface area contributed by atoms with Crippen LogP contribution in [0.15, 0.2) is 0 Å². The fraction of sp³-hybridized carbons (Fsp3) is 1.00. The Balaban J connectivity index is -0.0000000655. The molecule has 0 aliphatic carbocycles. The zero-order chi connectivity index (χ0) is 13.5. The van der Waals surface area contributed by atoms with E-state index in [9.17, 15) is 0 Å². The van der Waals surface area contributed by atoms with E-state index in [4.69, 9.17) is 38.9 Å². The van der Waals surface area contributed by atoms with Gasteiger partial charge in [-0.3, -0.25) is 0 Å². The minimum Gasteiger partial charge on any atom is -0.748 e. The molecule has 1 radical (unpaired) electrons. The van der Waals surface area contributed by atoms with Gasteiger partial charge in [0.15, 0.2) is 0 Å². The number of hydrogen-bond donors (Lipinski definition) is 0. The Labute approximate surface area is 114 Å². The maximum Gasteiger partial charge on any atom is 3.00 e. The summed E-state index contributed by atoms with van der Waals surface area (Å²) in [5.41, 5.74) is 0. The van der Waals surface area contributed by atoms with E-state index >= 15 is 0 Å². The zero-order valence-corrected chi connectivity index (χ0v) is 13.3. The summed E-state index contributed by atoms with van der Waals surface area (Å²) in [7, 11) is -11.8. The third kappa shape index (κ3) is 7200. The average Bonchev–Trinajstić information content (AvgIpc) is 1.41. The van der Waals surface area contributed by atoms with Gasteiger partial charge in [-0.2, -0.15) is 0 Å². The van der Waals surface area contributed by atoms with Crippen molar-refractivity contribution in [3.63, 3.8) is 0 Å². The van der Waals surface area contributed by atoms with Crippen molar-refractivity contribution in [2.75, 3.05) is 18.8 Å². The molecule has 0 aromatic carbocycles. The molecule has 0 spiro atoms. The maximum absolute atomic E-state index is 9.08. The van der Waals surface area contributed by atoms with Gasteiger partial charge in [0.25, 0.3) is 0 Å². The molecule has 0 N–H and O–H groups in total. The van der Waals surface area contributed by atoms with Crippen LogP contribution in [0, 0.1) is 0 Å². The molecule has 0 amide bonds. The molecule has 0 aromatic heterocycles. The monoisotopic (exact) mass is 375 g/mol. The van der Waals surface area contributed by atoms with Crippen LogP contribution in [0.3, 0.4) is 0 Å². The molecule has 0 heterocycles. The van der Waals surface area contributed by atoms with Crippen molar-refractivity contribution in [3.05, 3.63) is 0 Å². The first-order valence-corrected chi connectivity index (χ1v) is 8.17. The normalized spacial score (nSPS) is 10.9. The first-order chi connectivity index (χ1) is 6.00. The van der Waals surface area contributed by atoms with E-state index in [-0.39, 0.29) is 26.2 Å². The van der Waals surface area contributed by atoms with Gasteiger partial charge >= 0.3 is 26.2 Å². The van der Waals surface area contributed by atoms with Crippen LogP contribution in [0.25, 0.3) is 0 Å². The van der Waals surface area contributed by atoms with Gasteiger partial charge in [-0.05, 0) is 0 Å². The number of hydrogen-bond acceptors (Lipinski definition) is 9. The van der Waals surface area contributed by atoms with Crippen LogP contribution < -0.4 is 0 Å². The predicted molar refractivity (Wildman–Crippen MR) is 46.9 cm³/mol. The van der Waals surface area contributed by atoms with Crippen molar-refractivity contribution >= 4 is 30.4 Å². The van der Waals surface area contributed by atoms with Crippen LogP contribution in [0.1, 0.15) is 0 Å². The summed E-state index contributed by atoms with van der Waals surface area (Å²) in [6.07, 6.45) is 1.81. The van der Waals surface area contributed by atoms with E-state index in [1.165, 1.54) is 0 Å². The van der Waals surface area contributed by atoms with E-state index in [1.54, 1.807) is 0 Å². The van der Waals surface area contributed by atoms with Crippen molar-refractivity contribution in [3.8, 4) is 0 Å². The molecule has 0 rings (SSSR count). The standard InChI is InChI=1S/3CH4O3S.Zr/c3*1-5(2,3)4;/h3*1H3,(H,2,3,4);/q;;;+3/p-3. The Kier molecular flexibility index (Phi) is 15.3. The minimum atomic E-state index is -3.92. The molecule has 13 heteroatoms. The van der Waals surface area contributed by atoms with Crippen molar-refractivity contribution in [1.29, 1.82) is 0 Å². The predicted octanol–water partition coefficient (Wildman–Crippen LogP) is -2.52. The van der Waals surface area contributed by atoms with Crippen LogP contribution in [-0.2, 0) is 56.6 Å². The van der Waals surface area contributed by atoms with Crippen molar-refractivity contribution in [2.24, 2.45) is 0 Å². The molecule has 0 atom stereocenters. The maximum atomic E-state index is 9.08. The molecule has 0 aliphatic rings. The van der Waals surface area contributed by atoms with Crippen LogP contribution in [0.2, 0.25) is 0 Å². The van der Waals surface area contributed by atoms with Crippen LogP contribution in [0.5, 0.6) is 0 Å². The largest absolute Gasteiger partial charge is 3.00 e. The van der Waals surface area contributed by atoms with Crippen LogP contribution in [-0.4, -0.2) is 57.7 Å². The number of rotatable bonds is 0. The summed E-state index contributed by atoms with van der Waals surface area (Å²) >= 11 is 0. The van der Waals surface area contributed by atoms with E-state index < -0.39 is 30.4 Å². The molecule has 0 aliphatic heterocycles. The van der Waals surface area contributed by atoms with Crippen molar-refractivity contribution in [2.45, 2.75) is 0 Å². The van der Waals surface area contributed by atoms with Gasteiger partial charge in [-0.1, -0.05) is 0 Å². The molecule has 0 saturated heterocycles. The van der Waals surface area contributed by atoms with Gasteiger partial charge in [0.2, 0.25) is 0 Å². The molecule has 0 saturated carbocycles. The van der Waals surface area contributed by atoms with Gasteiger partial charge in [-0.25, -0.2) is 25.3 Å². The van der Waals surface area contributed by atoms with E-state index in [0.717, 1.165) is 0 Å². The van der Waals surface area contributed by atoms with Gasteiger partial charge in [0, 0.05) is 18.8 Å². The summed E-state index contributed by atoms with van der Waals surface area (Å²) in [6, 6.07) is 0. The first-order valence-electron chi connectivity index (χ1n) is 2.72. The molecular formula is C3H9O9S3Zr. The second-order valence-corrected chi connectivity index (χ2v) is 6.34. The van der Waals surface area contributed by atoms with E-state index in [1.807, 2.05) is 0 Å². The topological polar surface area (TPSA) is 172 Å². The second-order valence-electron chi connectivity index (χ2n) is 2.11. The second kappa shape index (κ2) is 9.62. The molecule has 16 heavy (non-hydrogen) atoms. The summed E-state index contributed by atoms with van der Waals surface area (Å²) in [5, 5.41) is 0. The fourth-order valence-electron chi connectivity index (χ4n) is 0. The quantitative estimate of drug-likeness (QED) is 0.413. The summed E-state index contributed by atoms with van der Waals surface area (Å²) in [4.78, 5) is 0. The summed E-state index contributed by atoms with van der Waals surface area (Å²) < 4.78 is 81.7. The Morgan fingerprint density at radius 3 is 0.562 bits per heavy atom. The fourth-order valence-corrected chi connectivity index (χ4v) is 0. The summed E-state index contributed by atoms with van der Waals surface area (Å²) in [5.74, 6) is 0. The van der Waals surface area contributed by atoms with E-state index in [0.29, 0.717) is 18.8 Å². The molecule has 0 aromatic rings. The molecule has 0 bridgehead atoms. The molecule has 9 nitrogen and oxygen atoms in total. The first kappa shape index (κ1) is 25.5. The van der Waals surface area contributed by atoms with Gasteiger partial charge in [0.1, 0.15) is 0 Å². The summed E-state index contributed by atoms with van der Waals surface area (Å²) in [6.45, 7) is 0. The van der Waals surface area contributed by atoms with Gasteiger partial charge in [0.05, 0.1) is 30.4 Å². The van der Waals surface area contributed by atoms with Crippen LogP contribution >= 0.6 is 0 Å². The third-order valence-electron chi connectivity index (χ3n) is 0. The Hall–Kier alpha value is 0.613. The van der Waals surface area contributed by atoms with Gasteiger partial charge in [-0.15, -0.1) is 0 Å². The molecule has 97 valence electrons. The van der Waals surface area contributed by atoms with Crippen LogP contribution in [0.4, 0.5) is 0 Å². The molecular weight excluding hydrogens is 367 g/mol.